The van der Waals surface area contributed by atoms with Crippen LogP contribution in [-0.2, 0) is 61.7 Å². The van der Waals surface area contributed by atoms with Gasteiger partial charge in [-0.25, -0.2) is 17.4 Å². The number of aromatic carboxylic acids is 1. The number of aromatic hydroxyl groups is 1. The first kappa shape index (κ1) is 61.3. The average molecular weight is 1090 g/mol. The number of azo groups is 2. The van der Waals surface area contributed by atoms with Crippen molar-refractivity contribution in [3.63, 3.8) is 0 Å². The van der Waals surface area contributed by atoms with Gasteiger partial charge in [0.05, 0.1) is 44.5 Å². The van der Waals surface area contributed by atoms with E-state index in [4.69, 9.17) is 16.2 Å². The Labute approximate surface area is 460 Å². The summed E-state index contributed by atoms with van der Waals surface area (Å²) in [6.07, 6.45) is -0.401. The van der Waals surface area contributed by atoms with Gasteiger partial charge in [-0.05, 0) is 67.1 Å². The van der Waals surface area contributed by atoms with Crippen molar-refractivity contribution in [1.29, 1.82) is 0 Å². The Morgan fingerprint density at radius 2 is 1.39 bits per heavy atom. The molecule has 0 saturated heterocycles. The number of hydrogen-bond donors (Lipinski definition) is 6. The van der Waals surface area contributed by atoms with Crippen molar-refractivity contribution in [2.45, 2.75) is 21.6 Å². The molecule has 0 aliphatic carbocycles. The third-order valence-electron chi connectivity index (χ3n) is 7.87. The van der Waals surface area contributed by atoms with E-state index in [9.17, 15) is 57.8 Å². The fraction of sp³-hybridized carbons (Fsp3) is 0.121. The van der Waals surface area contributed by atoms with Crippen LogP contribution in [0, 0.1) is 6.17 Å². The number of phenols is 1. The first-order chi connectivity index (χ1) is 28.9. The predicted octanol–water partition coefficient (Wildman–Crippen LogP) is -3.56. The van der Waals surface area contributed by atoms with Gasteiger partial charge in [-0.1, -0.05) is 12.1 Å². The molecule has 1 aromatic heterocycles. The molecule has 5 aromatic rings. The van der Waals surface area contributed by atoms with Gasteiger partial charge in [-0.15, -0.1) is 17.7 Å². The minimum absolute atomic E-state index is 0. The molecule has 0 fully saturated rings. The molecule has 24 nitrogen and oxygen atoms in total. The Kier molecular flexibility index (Phi) is 23.9. The molecule has 0 aliphatic heterocycles. The Morgan fingerprint density at radius 3 is 1.97 bits per heavy atom. The monoisotopic (exact) mass is 1090 g/mol. The zero-order chi connectivity index (χ0) is 45.6. The maximum atomic E-state index is 12.9. The van der Waals surface area contributed by atoms with Crippen molar-refractivity contribution < 1.29 is 174 Å². The third-order valence-corrected chi connectivity index (χ3v) is 11.9. The summed E-state index contributed by atoms with van der Waals surface area (Å²) in [5.74, 6) is -3.80. The van der Waals surface area contributed by atoms with E-state index in [1.54, 1.807) is 25.1 Å². The Balaban J connectivity index is 0.00000871. The van der Waals surface area contributed by atoms with Gasteiger partial charge in [0.2, 0.25) is 17.2 Å². The molecule has 66 heavy (non-hydrogen) atoms. The topological polar surface area (TPSA) is 367 Å². The molecule has 33 heteroatoms. The number of aromatic nitrogens is 3. The number of carbonyl (C=O) groups is 1. The number of carboxylic acids is 1. The molecule has 0 bridgehead atoms. The fourth-order valence-corrected chi connectivity index (χ4v) is 7.77. The van der Waals surface area contributed by atoms with Crippen molar-refractivity contribution in [1.82, 2.24) is 15.0 Å². The summed E-state index contributed by atoms with van der Waals surface area (Å²) >= 11 is 6.22. The van der Waals surface area contributed by atoms with Gasteiger partial charge in [0, 0.05) is 29.3 Å². The Morgan fingerprint density at radius 1 is 0.788 bits per heavy atom. The van der Waals surface area contributed by atoms with Gasteiger partial charge in [0.15, 0.2) is 15.6 Å². The Hall–Kier alpha value is -2.72. The van der Waals surface area contributed by atoms with Crippen LogP contribution >= 0.6 is 11.6 Å². The largest absolute Gasteiger partial charge is 1.00 e. The molecule has 5 rings (SSSR count). The molecule has 0 saturated carbocycles. The van der Waals surface area contributed by atoms with Crippen molar-refractivity contribution in [2.24, 2.45) is 20.5 Å². The van der Waals surface area contributed by atoms with Crippen LogP contribution in [0.2, 0.25) is 5.28 Å². The first-order valence-corrected chi connectivity index (χ1v) is 23.1. The molecule has 6 N–H and O–H groups in total. The quantitative estimate of drug-likeness (QED) is 0.0163. The summed E-state index contributed by atoms with van der Waals surface area (Å²) in [5.41, 5.74) is -1.81. The zero-order valence-corrected chi connectivity index (χ0v) is 45.4. The maximum absolute atomic E-state index is 12.9. The summed E-state index contributed by atoms with van der Waals surface area (Å²) in [7, 11) is -18.9. The van der Waals surface area contributed by atoms with E-state index in [2.05, 4.69) is 44.9 Å². The molecule has 0 atom stereocenters. The van der Waals surface area contributed by atoms with E-state index in [-0.39, 0.29) is 136 Å². The van der Waals surface area contributed by atoms with Crippen LogP contribution in [0.5, 0.6) is 5.75 Å². The first-order valence-electron chi connectivity index (χ1n) is 16.8. The summed E-state index contributed by atoms with van der Waals surface area (Å²) in [6.45, 7) is 0.830. The number of halogens is 1. The zero-order valence-electron chi connectivity index (χ0n) is 35.4. The van der Waals surface area contributed by atoms with Crippen molar-refractivity contribution in [2.75, 3.05) is 29.1 Å². The van der Waals surface area contributed by atoms with Gasteiger partial charge < -0.3 is 20.4 Å². The third kappa shape index (κ3) is 17.0. The van der Waals surface area contributed by atoms with Crippen LogP contribution in [0.3, 0.4) is 0 Å². The molecular formula is C33H30ClCuN9Na3O15S4+3. The van der Waals surface area contributed by atoms with E-state index in [1.807, 2.05) is 0 Å². The molecule has 0 aliphatic rings. The van der Waals surface area contributed by atoms with Crippen LogP contribution in [-0.4, -0.2) is 97.4 Å². The van der Waals surface area contributed by atoms with E-state index in [0.29, 0.717) is 0 Å². The van der Waals surface area contributed by atoms with Crippen molar-refractivity contribution in [3.8, 4) is 5.75 Å². The van der Waals surface area contributed by atoms with E-state index in [0.717, 1.165) is 30.3 Å². The summed E-state index contributed by atoms with van der Waals surface area (Å²) in [4.78, 5) is 23.7. The van der Waals surface area contributed by atoms with E-state index in [1.165, 1.54) is 41.3 Å². The SMILES string of the molecule is CCN(c1cccc(S(=O)(=O)CCOS(=O)(=O)O)c1)c1nc(Cl)nc(Nc2cc(S(=O)(=O)O)cc(N=N[C-](N=Nc3cc(S(=O)(=O)O)ccc3C(=O)O)c3ccccc3)c2O)n1.[Cu].[H+].[Na+].[Na+].[Na+]. The van der Waals surface area contributed by atoms with Crippen molar-refractivity contribution >= 4 is 92.7 Å². The second-order valence-corrected chi connectivity index (χ2v) is 18.4. The fourth-order valence-electron chi connectivity index (χ4n) is 5.06. The minimum atomic E-state index is -5.04. The van der Waals surface area contributed by atoms with Crippen LogP contribution in [0.4, 0.5) is 34.6 Å². The number of carboxylic acid groups (broad SMARTS) is 1. The molecule has 0 unspecified atom stereocenters. The predicted molar refractivity (Wildman–Crippen MR) is 217 cm³/mol. The number of nitrogens with one attached hydrogen (secondary N) is 1. The standard InChI is InChI=1S/C33H29ClN9O15S4.Cu.3Na/c1-2-43(20-9-6-10-21(15-20)59(47,48)14-13-58-62(55,56)57)33-37-31(34)36-32(38-33)35-26-17-23(61(52,53)54)18-27(28(26)44)40-42-29(19-7-4-3-5-8-19)41-39-25-16-22(60(49,50)51)11-12-24(25)30(45)46;;;;/h3-12,15-18,44H,2,13-14H2,1H3,(H,45,46)(H,49,50,51)(H,52,53,54)(H,55,56,57)(H,35,36,37,38);;;;/q-1;;3*+1/p+1. The number of anilines is 4. The second kappa shape index (κ2) is 25.8. The van der Waals surface area contributed by atoms with Crippen LogP contribution < -0.4 is 98.9 Å². The molecule has 339 valence electrons. The number of rotatable bonds is 18. The molecule has 1 radical (unpaired) electrons. The van der Waals surface area contributed by atoms with E-state index >= 15 is 0 Å². The van der Waals surface area contributed by atoms with Gasteiger partial charge in [0.25, 0.3) is 20.2 Å². The molecule has 4 aromatic carbocycles. The second-order valence-electron chi connectivity index (χ2n) is 12.0. The van der Waals surface area contributed by atoms with Crippen LogP contribution in [0.25, 0.3) is 0 Å². The van der Waals surface area contributed by atoms with Gasteiger partial charge in [-0.2, -0.15) is 72.8 Å². The van der Waals surface area contributed by atoms with Gasteiger partial charge in [0.1, 0.15) is 11.4 Å². The van der Waals surface area contributed by atoms with E-state index < -0.39 is 114 Å². The number of nitrogens with zero attached hydrogens (tertiary/aromatic N) is 8. The number of sulfone groups is 1. The number of benzene rings is 4. The summed E-state index contributed by atoms with van der Waals surface area (Å²) in [6, 6.07) is 16.8. The summed E-state index contributed by atoms with van der Waals surface area (Å²) < 4.78 is 128. The Bertz CT molecular complexity index is 3070. The average Bonchev–Trinajstić information content (AvgIpc) is 3.18. The molecular weight excluding hydrogens is 1060 g/mol. The smallest absolute Gasteiger partial charge is 0.504 e. The van der Waals surface area contributed by atoms with Crippen LogP contribution in [0.15, 0.2) is 120 Å². The number of hydrogen-bond acceptors (Lipinski definition) is 20. The minimum Gasteiger partial charge on any atom is -0.504 e. The molecule has 0 spiro atoms. The normalized spacial score (nSPS) is 11.7. The molecule has 0 amide bonds. The number of phenolic OH excluding ortho intramolecular Hbond substituents is 1. The summed E-state index contributed by atoms with van der Waals surface area (Å²) in [5, 5.41) is 38.6. The maximum Gasteiger partial charge on any atom is 1.00 e. The van der Waals surface area contributed by atoms with Crippen molar-refractivity contribution in [3.05, 3.63) is 108 Å². The van der Waals surface area contributed by atoms with Gasteiger partial charge >= 0.3 is 106 Å². The van der Waals surface area contributed by atoms with Crippen LogP contribution in [0.1, 0.15) is 24.3 Å². The molecule has 1 heterocycles. The van der Waals surface area contributed by atoms with Gasteiger partial charge in [-0.3, -0.25) is 13.7 Å².